The number of rotatable bonds is 7. The number of hydrogen-bond donors (Lipinski definition) is 3. The lowest BCUT2D eigenvalue weighted by Gasteiger charge is -2.17. The Bertz CT molecular complexity index is 906. The Kier molecular flexibility index (Phi) is 6.53. The summed E-state index contributed by atoms with van der Waals surface area (Å²) in [5, 5.41) is 2.77. The molecule has 0 aliphatic carbocycles. The molecule has 26 heavy (non-hydrogen) atoms. The molecule has 1 atom stereocenters. The number of nitrogens with two attached hydrogens (primary N) is 1. The summed E-state index contributed by atoms with van der Waals surface area (Å²) in [6.07, 6.45) is 0. The molecule has 0 bridgehead atoms. The molecule has 8 nitrogen and oxygen atoms in total. The zero-order valence-electron chi connectivity index (χ0n) is 14.9. The van der Waals surface area contributed by atoms with Crippen molar-refractivity contribution in [1.82, 2.24) is 14.9 Å². The average Bonchev–Trinajstić information content (AvgIpc) is 2.62. The van der Waals surface area contributed by atoms with E-state index < -0.39 is 0 Å². The number of nitrogens with zero attached hydrogens (tertiary/aromatic N) is 1. The Morgan fingerprint density at radius 2 is 2.08 bits per heavy atom. The third kappa shape index (κ3) is 4.50. The average molecular weight is 378 g/mol. The second-order valence-electron chi connectivity index (χ2n) is 5.68. The molecule has 0 saturated heterocycles. The molecule has 4 N–H and O–H groups in total. The molecule has 9 heteroatoms. The molecule has 0 saturated carbocycles. The van der Waals surface area contributed by atoms with Gasteiger partial charge in [0.15, 0.2) is 4.77 Å². The van der Waals surface area contributed by atoms with E-state index in [4.69, 9.17) is 27.4 Å². The molecule has 0 radical (unpaired) electrons. The van der Waals surface area contributed by atoms with Crippen LogP contribution in [0.3, 0.4) is 0 Å². The summed E-state index contributed by atoms with van der Waals surface area (Å²) in [5.74, 6) is 0.837. The monoisotopic (exact) mass is 378 g/mol. The maximum atomic E-state index is 12.3. The number of methoxy groups -OCH3 is 2. The molecular formula is C17H22N4O4S. The first-order valence-electron chi connectivity index (χ1n) is 7.95. The molecule has 140 valence electrons. The number of carbonyl (C=O) groups is 1. The summed E-state index contributed by atoms with van der Waals surface area (Å²) in [4.78, 5) is 26.8. The molecule has 1 heterocycles. The number of aromatic amines is 1. The maximum absolute atomic E-state index is 12.3. The van der Waals surface area contributed by atoms with Crippen LogP contribution < -0.4 is 26.1 Å². The van der Waals surface area contributed by atoms with Gasteiger partial charge in [-0.25, -0.2) is 0 Å². The zero-order valence-corrected chi connectivity index (χ0v) is 15.7. The number of carbonyl (C=O) groups excluding carboxylic acids is 1. The quantitative estimate of drug-likeness (QED) is 0.621. The second kappa shape index (κ2) is 8.63. The Morgan fingerprint density at radius 1 is 1.35 bits per heavy atom. The van der Waals surface area contributed by atoms with Crippen LogP contribution in [0.1, 0.15) is 6.92 Å². The van der Waals surface area contributed by atoms with Gasteiger partial charge in [-0.3, -0.25) is 14.6 Å². The van der Waals surface area contributed by atoms with E-state index in [9.17, 15) is 9.59 Å². The van der Waals surface area contributed by atoms with Crippen molar-refractivity contribution in [3.63, 3.8) is 0 Å². The van der Waals surface area contributed by atoms with Crippen molar-refractivity contribution in [1.29, 1.82) is 0 Å². The molecule has 2 aromatic rings. The van der Waals surface area contributed by atoms with Crippen molar-refractivity contribution < 1.29 is 14.3 Å². The number of hydrogen-bond acceptors (Lipinski definition) is 6. The summed E-state index contributed by atoms with van der Waals surface area (Å²) >= 11 is 5.25. The summed E-state index contributed by atoms with van der Waals surface area (Å²) < 4.78 is 12.3. The predicted molar refractivity (Wildman–Crippen MR) is 101 cm³/mol. The Labute approximate surface area is 155 Å². The van der Waals surface area contributed by atoms with Crippen molar-refractivity contribution in [2.24, 2.45) is 5.73 Å². The molecule has 0 aliphatic rings. The van der Waals surface area contributed by atoms with Gasteiger partial charge in [-0.1, -0.05) is 0 Å². The Hall–Kier alpha value is -2.65. The molecule has 0 fully saturated rings. The van der Waals surface area contributed by atoms with Gasteiger partial charge in [0.1, 0.15) is 18.0 Å². The molecule has 1 aromatic carbocycles. The van der Waals surface area contributed by atoms with Gasteiger partial charge in [0.25, 0.3) is 5.56 Å². The van der Waals surface area contributed by atoms with Crippen LogP contribution >= 0.6 is 12.2 Å². The van der Waals surface area contributed by atoms with E-state index in [0.29, 0.717) is 29.3 Å². The van der Waals surface area contributed by atoms with E-state index >= 15 is 0 Å². The van der Waals surface area contributed by atoms with Gasteiger partial charge in [-0.15, -0.1) is 0 Å². The van der Waals surface area contributed by atoms with Crippen molar-refractivity contribution in [3.8, 4) is 22.8 Å². The minimum absolute atomic E-state index is 0.0650. The molecule has 0 unspecified atom stereocenters. The van der Waals surface area contributed by atoms with Gasteiger partial charge in [0.2, 0.25) is 5.91 Å². The van der Waals surface area contributed by atoms with Crippen molar-refractivity contribution in [2.45, 2.75) is 19.5 Å². The number of aromatic nitrogens is 2. The largest absolute Gasteiger partial charge is 0.497 e. The van der Waals surface area contributed by atoms with E-state index in [1.54, 1.807) is 36.8 Å². The van der Waals surface area contributed by atoms with Crippen LogP contribution in [-0.2, 0) is 11.3 Å². The van der Waals surface area contributed by atoms with Crippen molar-refractivity contribution in [2.75, 3.05) is 20.8 Å². The second-order valence-corrected chi connectivity index (χ2v) is 6.07. The van der Waals surface area contributed by atoms with Gasteiger partial charge in [0, 0.05) is 30.3 Å². The van der Waals surface area contributed by atoms with Crippen LogP contribution in [0.4, 0.5) is 0 Å². The van der Waals surface area contributed by atoms with E-state index in [1.807, 2.05) is 0 Å². The minimum atomic E-state index is -0.366. The highest BCUT2D eigenvalue weighted by molar-refractivity contribution is 7.71. The van der Waals surface area contributed by atoms with Gasteiger partial charge in [0.05, 0.1) is 19.9 Å². The summed E-state index contributed by atoms with van der Waals surface area (Å²) in [7, 11) is 3.06. The lowest BCUT2D eigenvalue weighted by atomic mass is 10.1. The Balaban J connectivity index is 2.54. The molecule has 2 rings (SSSR count). The molecule has 1 aromatic heterocycles. The third-order valence-corrected chi connectivity index (χ3v) is 4.10. The minimum Gasteiger partial charge on any atom is -0.497 e. The number of benzene rings is 1. The molecular weight excluding hydrogens is 356 g/mol. The van der Waals surface area contributed by atoms with Crippen LogP contribution in [0, 0.1) is 4.77 Å². The SMILES string of the molecule is COc1ccc(-c2cc(=O)[nH]c(=S)n2CC(=O)N[C@H](C)CN)c(OC)c1. The molecule has 1 amide bonds. The van der Waals surface area contributed by atoms with Gasteiger partial charge < -0.3 is 25.1 Å². The number of nitrogens with one attached hydrogen (secondary N) is 2. The number of amides is 1. The van der Waals surface area contributed by atoms with Crippen molar-refractivity contribution in [3.05, 3.63) is 39.4 Å². The third-order valence-electron chi connectivity index (χ3n) is 3.78. The first-order valence-corrected chi connectivity index (χ1v) is 8.36. The van der Waals surface area contributed by atoms with E-state index in [0.717, 1.165) is 0 Å². The van der Waals surface area contributed by atoms with E-state index in [-0.39, 0.29) is 28.8 Å². The summed E-state index contributed by atoms with van der Waals surface area (Å²) in [6.45, 7) is 2.06. The standard InChI is InChI=1S/C17H22N4O4S/c1-10(8-18)19-16(23)9-21-13(7-15(22)20-17(21)26)12-5-4-11(24-2)6-14(12)25-3/h4-7,10H,8-9,18H2,1-3H3,(H,19,23)(H,20,22,26)/t10-/m1/s1. The number of H-pyrrole nitrogens is 1. The van der Waals surface area contributed by atoms with Crippen molar-refractivity contribution >= 4 is 18.1 Å². The van der Waals surface area contributed by atoms with Crippen LogP contribution in [0.5, 0.6) is 11.5 Å². The van der Waals surface area contributed by atoms with Crippen LogP contribution in [0.2, 0.25) is 0 Å². The lowest BCUT2D eigenvalue weighted by Crippen LogP contribution is -2.40. The van der Waals surface area contributed by atoms with Crippen LogP contribution in [0.25, 0.3) is 11.3 Å². The van der Waals surface area contributed by atoms with Gasteiger partial charge >= 0.3 is 0 Å². The van der Waals surface area contributed by atoms with Crippen LogP contribution in [-0.4, -0.2) is 42.3 Å². The first kappa shape index (κ1) is 19.7. The lowest BCUT2D eigenvalue weighted by molar-refractivity contribution is -0.122. The van der Waals surface area contributed by atoms with Gasteiger partial charge in [-0.05, 0) is 31.3 Å². The van der Waals surface area contributed by atoms with Gasteiger partial charge in [-0.2, -0.15) is 0 Å². The van der Waals surface area contributed by atoms with Crippen LogP contribution in [0.15, 0.2) is 29.1 Å². The molecule has 0 aliphatic heterocycles. The fourth-order valence-electron chi connectivity index (χ4n) is 2.43. The first-order chi connectivity index (χ1) is 12.4. The molecule has 0 spiro atoms. The fraction of sp³-hybridized carbons (Fsp3) is 0.353. The van der Waals surface area contributed by atoms with E-state index in [2.05, 4.69) is 10.3 Å². The maximum Gasteiger partial charge on any atom is 0.252 e. The van der Waals surface area contributed by atoms with E-state index in [1.165, 1.54) is 13.2 Å². The summed E-state index contributed by atoms with van der Waals surface area (Å²) in [5.41, 5.74) is 6.25. The number of ether oxygens (including phenoxy) is 2. The topological polar surface area (TPSA) is 111 Å². The highest BCUT2D eigenvalue weighted by Gasteiger charge is 2.16. The highest BCUT2D eigenvalue weighted by atomic mass is 32.1. The summed E-state index contributed by atoms with van der Waals surface area (Å²) in [6, 6.07) is 6.39. The zero-order chi connectivity index (χ0) is 19.3. The fourth-order valence-corrected chi connectivity index (χ4v) is 2.70. The normalized spacial score (nSPS) is 11.7. The Morgan fingerprint density at radius 3 is 2.69 bits per heavy atom. The highest BCUT2D eigenvalue weighted by Crippen LogP contribution is 2.32. The smallest absolute Gasteiger partial charge is 0.252 e. The predicted octanol–water partition coefficient (Wildman–Crippen LogP) is 1.05.